The molecule has 0 aliphatic heterocycles. The summed E-state index contributed by atoms with van der Waals surface area (Å²) in [7, 11) is 0. The van der Waals surface area contributed by atoms with E-state index in [9.17, 15) is 0 Å². The van der Waals surface area contributed by atoms with Crippen molar-refractivity contribution in [2.75, 3.05) is 12.4 Å². The lowest BCUT2D eigenvalue weighted by atomic mass is 10.1. The molecule has 0 amide bonds. The van der Waals surface area contributed by atoms with Gasteiger partial charge in [-0.05, 0) is 0 Å². The van der Waals surface area contributed by atoms with Crippen LogP contribution in [0.1, 0.15) is 5.76 Å². The van der Waals surface area contributed by atoms with Crippen LogP contribution in [-0.2, 0) is 5.75 Å². The van der Waals surface area contributed by atoms with E-state index in [0.29, 0.717) is 0 Å². The second-order valence-electron chi connectivity index (χ2n) is 3.32. The number of aliphatic hydroxyl groups is 1. The van der Waals surface area contributed by atoms with Crippen LogP contribution in [0.15, 0.2) is 40.9 Å². The van der Waals surface area contributed by atoms with Gasteiger partial charge in [0.1, 0.15) is 11.5 Å². The molecule has 3 nitrogen and oxygen atoms in total. The van der Waals surface area contributed by atoms with E-state index in [1.165, 1.54) is 0 Å². The third-order valence-corrected chi connectivity index (χ3v) is 3.07. The Morgan fingerprint density at radius 3 is 2.81 bits per heavy atom. The summed E-state index contributed by atoms with van der Waals surface area (Å²) in [4.78, 5) is 0. The summed E-state index contributed by atoms with van der Waals surface area (Å²) >= 11 is 1.63. The van der Waals surface area contributed by atoms with Crippen LogP contribution in [0.5, 0.6) is 0 Å². The molecule has 1 heterocycles. The molecule has 0 saturated carbocycles. The molecule has 2 rings (SSSR count). The maximum Gasteiger partial charge on any atom is 0.147 e. The van der Waals surface area contributed by atoms with Crippen LogP contribution in [0.2, 0.25) is 0 Å². The van der Waals surface area contributed by atoms with Gasteiger partial charge in [0, 0.05) is 17.4 Å². The fourth-order valence-electron chi connectivity index (χ4n) is 1.36. The maximum absolute atomic E-state index is 8.66. The smallest absolute Gasteiger partial charge is 0.147 e. The maximum atomic E-state index is 8.66. The number of benzene rings is 1. The van der Waals surface area contributed by atoms with Gasteiger partial charge in [-0.2, -0.15) is 11.8 Å². The minimum Gasteiger partial charge on any atom is -0.396 e. The van der Waals surface area contributed by atoms with Crippen molar-refractivity contribution in [1.29, 1.82) is 0 Å². The fraction of sp³-hybridized carbons (Fsp3) is 0.250. The Morgan fingerprint density at radius 1 is 1.25 bits per heavy atom. The molecular formula is C12H13NO2S. The van der Waals surface area contributed by atoms with E-state index >= 15 is 0 Å². The standard InChI is InChI=1S/C12H13NO2S/c14-6-7-16-9-11-8-12(13-15-11)10-4-2-1-3-5-10/h1-5,8,14H,6-7,9H2. The predicted molar refractivity (Wildman–Crippen MR) is 65.2 cm³/mol. The van der Waals surface area contributed by atoms with Crippen molar-refractivity contribution in [3.05, 3.63) is 42.2 Å². The van der Waals surface area contributed by atoms with Crippen LogP contribution in [0.4, 0.5) is 0 Å². The van der Waals surface area contributed by atoms with Crippen LogP contribution in [0, 0.1) is 0 Å². The second-order valence-corrected chi connectivity index (χ2v) is 4.43. The summed E-state index contributed by atoms with van der Waals surface area (Å²) in [5.74, 6) is 2.32. The molecule has 0 bridgehead atoms. The number of nitrogens with zero attached hydrogens (tertiary/aromatic N) is 1. The molecule has 4 heteroatoms. The Kier molecular flexibility index (Phi) is 4.02. The molecule has 1 aromatic heterocycles. The quantitative estimate of drug-likeness (QED) is 0.809. The molecular weight excluding hydrogens is 222 g/mol. The zero-order valence-electron chi connectivity index (χ0n) is 8.80. The van der Waals surface area contributed by atoms with Gasteiger partial charge in [0.15, 0.2) is 0 Å². The zero-order chi connectivity index (χ0) is 11.2. The summed E-state index contributed by atoms with van der Waals surface area (Å²) in [5.41, 5.74) is 1.92. The average Bonchev–Trinajstić information content (AvgIpc) is 2.79. The van der Waals surface area contributed by atoms with Gasteiger partial charge in [-0.1, -0.05) is 35.5 Å². The number of aromatic nitrogens is 1. The summed E-state index contributed by atoms with van der Waals surface area (Å²) in [6, 6.07) is 11.9. The first-order valence-corrected chi connectivity index (χ1v) is 6.25. The number of hydrogen-bond acceptors (Lipinski definition) is 4. The summed E-state index contributed by atoms with van der Waals surface area (Å²) in [6.45, 7) is 0.199. The summed E-state index contributed by atoms with van der Waals surface area (Å²) in [6.07, 6.45) is 0. The molecule has 0 aliphatic carbocycles. The van der Waals surface area contributed by atoms with Crippen molar-refractivity contribution in [2.45, 2.75) is 5.75 Å². The van der Waals surface area contributed by atoms with Crippen LogP contribution >= 0.6 is 11.8 Å². The van der Waals surface area contributed by atoms with E-state index in [-0.39, 0.29) is 6.61 Å². The molecule has 0 radical (unpaired) electrons. The van der Waals surface area contributed by atoms with Gasteiger partial charge in [0.2, 0.25) is 0 Å². The number of hydrogen-bond donors (Lipinski definition) is 1. The van der Waals surface area contributed by atoms with Crippen molar-refractivity contribution in [2.24, 2.45) is 0 Å². The fourth-order valence-corrected chi connectivity index (χ4v) is 1.97. The molecule has 0 spiro atoms. The van der Waals surface area contributed by atoms with Crippen molar-refractivity contribution < 1.29 is 9.63 Å². The highest BCUT2D eigenvalue weighted by molar-refractivity contribution is 7.98. The molecule has 84 valence electrons. The van der Waals surface area contributed by atoms with E-state index < -0.39 is 0 Å². The Labute approximate surface area is 98.5 Å². The van der Waals surface area contributed by atoms with Gasteiger partial charge in [0.05, 0.1) is 12.4 Å². The Balaban J connectivity index is 2.02. The lowest BCUT2D eigenvalue weighted by molar-refractivity contribution is 0.322. The van der Waals surface area contributed by atoms with Gasteiger partial charge in [0.25, 0.3) is 0 Å². The van der Waals surface area contributed by atoms with E-state index in [4.69, 9.17) is 9.63 Å². The molecule has 0 unspecified atom stereocenters. The normalized spacial score (nSPS) is 10.6. The zero-order valence-corrected chi connectivity index (χ0v) is 9.61. The molecule has 16 heavy (non-hydrogen) atoms. The lowest BCUT2D eigenvalue weighted by Gasteiger charge is -1.93. The first-order chi connectivity index (χ1) is 7.90. The lowest BCUT2D eigenvalue weighted by Crippen LogP contribution is -1.86. The topological polar surface area (TPSA) is 46.3 Å². The number of aliphatic hydroxyl groups excluding tert-OH is 1. The van der Waals surface area contributed by atoms with Crippen molar-refractivity contribution in [3.8, 4) is 11.3 Å². The number of rotatable bonds is 5. The molecule has 2 aromatic rings. The SMILES string of the molecule is OCCSCc1cc(-c2ccccc2)no1. The van der Waals surface area contributed by atoms with Crippen LogP contribution < -0.4 is 0 Å². The largest absolute Gasteiger partial charge is 0.396 e. The minimum absolute atomic E-state index is 0.199. The van der Waals surface area contributed by atoms with Crippen LogP contribution in [-0.4, -0.2) is 22.6 Å². The van der Waals surface area contributed by atoms with Crippen molar-refractivity contribution >= 4 is 11.8 Å². The first-order valence-electron chi connectivity index (χ1n) is 5.10. The summed E-state index contributed by atoms with van der Waals surface area (Å²) < 4.78 is 5.21. The van der Waals surface area contributed by atoms with Gasteiger partial charge in [-0.25, -0.2) is 0 Å². The third-order valence-electron chi connectivity index (χ3n) is 2.11. The molecule has 0 atom stereocenters. The predicted octanol–water partition coefficient (Wildman–Crippen LogP) is 2.57. The van der Waals surface area contributed by atoms with E-state index in [1.54, 1.807) is 11.8 Å². The van der Waals surface area contributed by atoms with Crippen molar-refractivity contribution in [3.63, 3.8) is 0 Å². The van der Waals surface area contributed by atoms with E-state index in [2.05, 4.69) is 5.16 Å². The van der Waals surface area contributed by atoms with Gasteiger partial charge < -0.3 is 9.63 Å². The Bertz CT molecular complexity index is 428. The van der Waals surface area contributed by atoms with Crippen molar-refractivity contribution in [1.82, 2.24) is 5.16 Å². The highest BCUT2D eigenvalue weighted by Gasteiger charge is 2.05. The van der Waals surface area contributed by atoms with Gasteiger partial charge >= 0.3 is 0 Å². The highest BCUT2D eigenvalue weighted by Crippen LogP contribution is 2.20. The van der Waals surface area contributed by atoms with E-state index in [1.807, 2.05) is 36.4 Å². The number of thioether (sulfide) groups is 1. The van der Waals surface area contributed by atoms with Gasteiger partial charge in [-0.15, -0.1) is 0 Å². The first kappa shape index (κ1) is 11.2. The molecule has 1 aromatic carbocycles. The minimum atomic E-state index is 0.199. The second kappa shape index (κ2) is 5.72. The molecule has 0 saturated heterocycles. The highest BCUT2D eigenvalue weighted by atomic mass is 32.2. The van der Waals surface area contributed by atoms with Crippen LogP contribution in [0.25, 0.3) is 11.3 Å². The van der Waals surface area contributed by atoms with Crippen LogP contribution in [0.3, 0.4) is 0 Å². The summed E-state index contributed by atoms with van der Waals surface area (Å²) in [5, 5.41) is 12.7. The third kappa shape index (κ3) is 2.87. The Hall–Kier alpha value is -1.26. The molecule has 0 fully saturated rings. The average molecular weight is 235 g/mol. The van der Waals surface area contributed by atoms with E-state index in [0.717, 1.165) is 28.5 Å². The molecule has 0 aliphatic rings. The van der Waals surface area contributed by atoms with Gasteiger partial charge in [-0.3, -0.25) is 0 Å². The monoisotopic (exact) mass is 235 g/mol. The molecule has 1 N–H and O–H groups in total. The Morgan fingerprint density at radius 2 is 2.06 bits per heavy atom.